The van der Waals surface area contributed by atoms with Crippen LogP contribution in [0.2, 0.25) is 0 Å². The van der Waals surface area contributed by atoms with Gasteiger partial charge in [-0.05, 0) is 48.6 Å². The summed E-state index contributed by atoms with van der Waals surface area (Å²) in [5, 5.41) is 11.1. The van der Waals surface area contributed by atoms with E-state index in [1.165, 1.54) is 5.56 Å². The van der Waals surface area contributed by atoms with Crippen LogP contribution >= 0.6 is 11.3 Å². The summed E-state index contributed by atoms with van der Waals surface area (Å²) in [4.78, 5) is 4.73. The van der Waals surface area contributed by atoms with Crippen molar-refractivity contribution in [3.05, 3.63) is 22.4 Å². The predicted molar refractivity (Wildman–Crippen MR) is 111 cm³/mol. The lowest BCUT2D eigenvalue weighted by Gasteiger charge is -2.32. The Kier molecular flexibility index (Phi) is 8.37. The van der Waals surface area contributed by atoms with Crippen LogP contribution in [-0.2, 0) is 10.0 Å². The fourth-order valence-corrected chi connectivity index (χ4v) is 5.39. The number of rotatable bonds is 8. The van der Waals surface area contributed by atoms with Gasteiger partial charge in [-0.2, -0.15) is 11.3 Å². The number of guanidine groups is 1. The molecular formula is C18H32N4O2S2. The quantitative estimate of drug-likeness (QED) is 0.520. The lowest BCUT2D eigenvalue weighted by atomic mass is 10.1. The molecule has 0 radical (unpaired) electrons. The molecule has 1 aromatic rings. The Morgan fingerprint density at radius 1 is 1.38 bits per heavy atom. The van der Waals surface area contributed by atoms with Crippen molar-refractivity contribution in [2.75, 3.05) is 31.9 Å². The first-order valence-electron chi connectivity index (χ1n) is 9.51. The number of hydrogen-bond acceptors (Lipinski definition) is 4. The number of sulfonamides is 1. The van der Waals surface area contributed by atoms with Gasteiger partial charge < -0.3 is 10.6 Å². The van der Waals surface area contributed by atoms with Gasteiger partial charge in [0.15, 0.2) is 5.96 Å². The number of piperidine rings is 1. The summed E-state index contributed by atoms with van der Waals surface area (Å²) in [5.41, 5.74) is 1.32. The van der Waals surface area contributed by atoms with Gasteiger partial charge in [0.25, 0.3) is 0 Å². The van der Waals surface area contributed by atoms with Gasteiger partial charge in [-0.1, -0.05) is 13.8 Å². The van der Waals surface area contributed by atoms with Crippen molar-refractivity contribution in [3.63, 3.8) is 0 Å². The van der Waals surface area contributed by atoms with Crippen molar-refractivity contribution in [1.82, 2.24) is 14.9 Å². The monoisotopic (exact) mass is 400 g/mol. The molecule has 2 N–H and O–H groups in total. The summed E-state index contributed by atoms with van der Waals surface area (Å²) in [5.74, 6) is 1.46. The van der Waals surface area contributed by atoms with E-state index in [2.05, 4.69) is 41.3 Å². The second-order valence-corrected chi connectivity index (χ2v) is 9.68. The molecule has 148 valence electrons. The highest BCUT2D eigenvalue weighted by Gasteiger charge is 2.27. The van der Waals surface area contributed by atoms with E-state index >= 15 is 0 Å². The first-order valence-corrected chi connectivity index (χ1v) is 12.1. The lowest BCUT2D eigenvalue weighted by molar-refractivity contribution is 0.306. The zero-order valence-electron chi connectivity index (χ0n) is 16.1. The van der Waals surface area contributed by atoms with E-state index in [4.69, 9.17) is 4.99 Å². The molecular weight excluding hydrogens is 368 g/mol. The Labute approximate surface area is 162 Å². The molecule has 1 aromatic heterocycles. The average molecular weight is 401 g/mol. The van der Waals surface area contributed by atoms with Gasteiger partial charge in [0, 0.05) is 38.1 Å². The molecule has 1 unspecified atom stereocenters. The van der Waals surface area contributed by atoms with Crippen molar-refractivity contribution < 1.29 is 8.42 Å². The Balaban J connectivity index is 1.87. The van der Waals surface area contributed by atoms with E-state index in [0.29, 0.717) is 25.4 Å². The van der Waals surface area contributed by atoms with Gasteiger partial charge in [0.05, 0.1) is 5.75 Å². The van der Waals surface area contributed by atoms with Crippen LogP contribution in [0, 0.1) is 0 Å². The zero-order valence-corrected chi connectivity index (χ0v) is 17.7. The van der Waals surface area contributed by atoms with E-state index in [9.17, 15) is 8.42 Å². The molecule has 6 nitrogen and oxygen atoms in total. The van der Waals surface area contributed by atoms with Crippen molar-refractivity contribution in [2.24, 2.45) is 4.99 Å². The van der Waals surface area contributed by atoms with Crippen LogP contribution in [0.5, 0.6) is 0 Å². The van der Waals surface area contributed by atoms with Crippen LogP contribution in [0.15, 0.2) is 21.8 Å². The first-order chi connectivity index (χ1) is 12.5. The molecule has 1 aliphatic heterocycles. The number of thiophene rings is 1. The van der Waals surface area contributed by atoms with Crippen molar-refractivity contribution in [1.29, 1.82) is 0 Å². The summed E-state index contributed by atoms with van der Waals surface area (Å²) in [7, 11) is -3.08. The van der Waals surface area contributed by atoms with E-state index in [0.717, 1.165) is 31.9 Å². The lowest BCUT2D eigenvalue weighted by Crippen LogP contribution is -2.50. The molecule has 0 saturated carbocycles. The topological polar surface area (TPSA) is 73.8 Å². The van der Waals surface area contributed by atoms with Gasteiger partial charge in [0.1, 0.15) is 0 Å². The SMILES string of the molecule is CCCS(=O)(=O)N1CCC(NC(=NCC(C)c2ccsc2)NCC)CC1. The molecule has 1 fully saturated rings. The Morgan fingerprint density at radius 3 is 2.69 bits per heavy atom. The van der Waals surface area contributed by atoms with Crippen LogP contribution in [0.25, 0.3) is 0 Å². The minimum Gasteiger partial charge on any atom is -0.357 e. The van der Waals surface area contributed by atoms with Crippen LogP contribution in [-0.4, -0.2) is 56.7 Å². The third-order valence-electron chi connectivity index (χ3n) is 4.63. The van der Waals surface area contributed by atoms with Crippen LogP contribution in [0.1, 0.15) is 51.5 Å². The van der Waals surface area contributed by atoms with Crippen LogP contribution in [0.4, 0.5) is 0 Å². The molecule has 26 heavy (non-hydrogen) atoms. The summed E-state index contributed by atoms with van der Waals surface area (Å²) in [6.07, 6.45) is 2.29. The standard InChI is InChI=1S/C18H32N4O2S2/c1-4-12-26(23,24)22-9-6-17(7-10-22)21-18(19-5-2)20-13-15(3)16-8-11-25-14-16/h8,11,14-15,17H,4-7,9-10,12-13H2,1-3H3,(H2,19,20,21). The van der Waals surface area contributed by atoms with Crippen LogP contribution < -0.4 is 10.6 Å². The molecule has 0 aromatic carbocycles. The Bertz CT molecular complexity index is 651. The molecule has 1 atom stereocenters. The van der Waals surface area contributed by atoms with Gasteiger partial charge in [0.2, 0.25) is 10.0 Å². The van der Waals surface area contributed by atoms with E-state index in [1.807, 2.05) is 6.92 Å². The highest BCUT2D eigenvalue weighted by Crippen LogP contribution is 2.18. The van der Waals surface area contributed by atoms with Gasteiger partial charge >= 0.3 is 0 Å². The summed E-state index contributed by atoms with van der Waals surface area (Å²) in [6, 6.07) is 2.41. The predicted octanol–water partition coefficient (Wildman–Crippen LogP) is 2.61. The molecule has 1 aliphatic rings. The molecule has 8 heteroatoms. The first kappa shape index (κ1) is 21.2. The fourth-order valence-electron chi connectivity index (χ4n) is 3.07. The Morgan fingerprint density at radius 2 is 2.12 bits per heavy atom. The van der Waals surface area contributed by atoms with Crippen molar-refractivity contribution >= 4 is 27.3 Å². The van der Waals surface area contributed by atoms with Gasteiger partial charge in [-0.15, -0.1) is 0 Å². The number of aliphatic imine (C=N–C) groups is 1. The molecule has 1 saturated heterocycles. The maximum atomic E-state index is 12.2. The van der Waals surface area contributed by atoms with Gasteiger partial charge in [-0.3, -0.25) is 4.99 Å². The second-order valence-electron chi connectivity index (χ2n) is 6.81. The summed E-state index contributed by atoms with van der Waals surface area (Å²) >= 11 is 1.71. The van der Waals surface area contributed by atoms with Crippen molar-refractivity contribution in [2.45, 2.75) is 52.0 Å². The molecule has 0 amide bonds. The largest absolute Gasteiger partial charge is 0.357 e. The third kappa shape index (κ3) is 6.25. The van der Waals surface area contributed by atoms with Crippen molar-refractivity contribution in [3.8, 4) is 0 Å². The number of nitrogens with one attached hydrogen (secondary N) is 2. The number of nitrogens with zero attached hydrogens (tertiary/aromatic N) is 2. The molecule has 2 heterocycles. The zero-order chi connectivity index (χ0) is 19.0. The highest BCUT2D eigenvalue weighted by molar-refractivity contribution is 7.89. The third-order valence-corrected chi connectivity index (χ3v) is 7.41. The highest BCUT2D eigenvalue weighted by atomic mass is 32.2. The smallest absolute Gasteiger partial charge is 0.214 e. The van der Waals surface area contributed by atoms with E-state index in [1.54, 1.807) is 15.6 Å². The van der Waals surface area contributed by atoms with E-state index in [-0.39, 0.29) is 11.8 Å². The fraction of sp³-hybridized carbons (Fsp3) is 0.722. The van der Waals surface area contributed by atoms with Gasteiger partial charge in [-0.25, -0.2) is 12.7 Å². The van der Waals surface area contributed by atoms with E-state index < -0.39 is 10.0 Å². The normalized spacial score (nSPS) is 18.7. The molecule has 0 spiro atoms. The molecule has 0 bridgehead atoms. The summed E-state index contributed by atoms with van der Waals surface area (Å²) in [6.45, 7) is 8.86. The number of hydrogen-bond donors (Lipinski definition) is 2. The second kappa shape index (κ2) is 10.3. The minimum atomic E-state index is -3.08. The average Bonchev–Trinajstić information content (AvgIpc) is 3.15. The maximum absolute atomic E-state index is 12.2. The molecule has 2 rings (SSSR count). The Hall–Kier alpha value is -1.12. The molecule has 0 aliphatic carbocycles. The minimum absolute atomic E-state index is 0.246. The van der Waals surface area contributed by atoms with Crippen LogP contribution in [0.3, 0.4) is 0 Å². The maximum Gasteiger partial charge on any atom is 0.214 e. The summed E-state index contributed by atoms with van der Waals surface area (Å²) < 4.78 is 26.0.